The number of halogens is 4. The van der Waals surface area contributed by atoms with Crippen LogP contribution in [0.5, 0.6) is 5.75 Å². The first-order valence-electron chi connectivity index (χ1n) is 9.72. The Hall–Kier alpha value is -2.37. The average Bonchev–Trinajstić information content (AvgIpc) is 2.76. The molecular formula is C21H19F3IN3O4S. The highest BCUT2D eigenvalue weighted by atomic mass is 127. The highest BCUT2D eigenvalue weighted by molar-refractivity contribution is 14.1. The Morgan fingerprint density at radius 1 is 1.24 bits per heavy atom. The van der Waals surface area contributed by atoms with Crippen LogP contribution in [0, 0.1) is 11.3 Å². The van der Waals surface area contributed by atoms with Gasteiger partial charge in [0.15, 0.2) is 0 Å². The molecule has 0 radical (unpaired) electrons. The summed E-state index contributed by atoms with van der Waals surface area (Å²) in [6.45, 7) is 1.92. The smallest absolute Gasteiger partial charge is 0.406 e. The van der Waals surface area contributed by atoms with Gasteiger partial charge >= 0.3 is 6.36 Å². The fourth-order valence-corrected chi connectivity index (χ4v) is 6.43. The van der Waals surface area contributed by atoms with Gasteiger partial charge in [-0.05, 0) is 43.3 Å². The monoisotopic (exact) mass is 593 g/mol. The standard InChI is InChI=1S/C21H19F3IN3O4S/c1-14(16-4-2-3-15(11-16)13-26)27-32-18-9-10-28(20(25)12-18)33(29,30)19-7-5-17(6-8-19)31-21(22,23)24/h2-8,11,18,20H,9-10,12H2,1H3. The van der Waals surface area contributed by atoms with Crippen LogP contribution < -0.4 is 4.74 Å². The second kappa shape index (κ2) is 10.3. The van der Waals surface area contributed by atoms with Gasteiger partial charge in [0.1, 0.15) is 11.9 Å². The van der Waals surface area contributed by atoms with Gasteiger partial charge in [-0.3, -0.25) is 0 Å². The maximum Gasteiger partial charge on any atom is 0.573 e. The first-order valence-corrected chi connectivity index (χ1v) is 12.4. The third kappa shape index (κ3) is 6.58. The summed E-state index contributed by atoms with van der Waals surface area (Å²) in [5.74, 6) is -0.492. The molecule has 0 N–H and O–H groups in total. The van der Waals surface area contributed by atoms with Crippen molar-refractivity contribution in [1.29, 1.82) is 5.26 Å². The Bertz CT molecular complexity index is 1160. The van der Waals surface area contributed by atoms with Crippen LogP contribution in [0.3, 0.4) is 0 Å². The predicted octanol–water partition coefficient (Wildman–Crippen LogP) is 4.81. The lowest BCUT2D eigenvalue weighted by atomic mass is 10.1. The highest BCUT2D eigenvalue weighted by Gasteiger charge is 2.37. The predicted molar refractivity (Wildman–Crippen MR) is 122 cm³/mol. The molecule has 176 valence electrons. The number of nitrogens with zero attached hydrogens (tertiary/aromatic N) is 3. The molecule has 1 fully saturated rings. The molecular weight excluding hydrogens is 574 g/mol. The molecule has 2 unspecified atom stereocenters. The van der Waals surface area contributed by atoms with Crippen molar-refractivity contribution in [3.8, 4) is 11.8 Å². The van der Waals surface area contributed by atoms with Crippen molar-refractivity contribution in [2.75, 3.05) is 6.54 Å². The van der Waals surface area contributed by atoms with Crippen molar-refractivity contribution in [3.63, 3.8) is 0 Å². The number of nitriles is 1. The zero-order chi connectivity index (χ0) is 24.2. The first-order chi connectivity index (χ1) is 15.5. The maximum absolute atomic E-state index is 13.0. The summed E-state index contributed by atoms with van der Waals surface area (Å²) in [6, 6.07) is 13.1. The molecule has 2 aromatic rings. The van der Waals surface area contributed by atoms with Crippen molar-refractivity contribution in [1.82, 2.24) is 4.31 Å². The van der Waals surface area contributed by atoms with Gasteiger partial charge in [-0.2, -0.15) is 9.57 Å². The third-order valence-electron chi connectivity index (χ3n) is 4.85. The molecule has 0 spiro atoms. The van der Waals surface area contributed by atoms with E-state index < -0.39 is 26.2 Å². The molecule has 2 atom stereocenters. The van der Waals surface area contributed by atoms with E-state index in [0.717, 1.165) is 29.8 Å². The van der Waals surface area contributed by atoms with Gasteiger partial charge in [-0.15, -0.1) is 13.2 Å². The van der Waals surface area contributed by atoms with E-state index in [1.807, 2.05) is 28.7 Å². The van der Waals surface area contributed by atoms with Crippen LogP contribution in [-0.2, 0) is 14.9 Å². The SMILES string of the molecule is CC(=NOC1CCN(S(=O)(=O)c2ccc(OC(F)(F)F)cc2)C(I)C1)c1cccc(C#N)c1. The Morgan fingerprint density at radius 3 is 2.55 bits per heavy atom. The molecule has 0 amide bonds. The number of ether oxygens (including phenoxy) is 1. The molecule has 0 aromatic heterocycles. The lowest BCUT2D eigenvalue weighted by Crippen LogP contribution is -2.44. The molecule has 7 nitrogen and oxygen atoms in total. The second-order valence-corrected chi connectivity index (χ2v) is 10.5. The molecule has 3 rings (SSSR count). The second-order valence-electron chi connectivity index (χ2n) is 7.19. The van der Waals surface area contributed by atoms with Crippen LogP contribution >= 0.6 is 22.6 Å². The zero-order valence-corrected chi connectivity index (χ0v) is 20.3. The van der Waals surface area contributed by atoms with Crippen molar-refractivity contribution >= 4 is 38.3 Å². The van der Waals surface area contributed by atoms with Crippen molar-refractivity contribution in [2.45, 2.75) is 41.2 Å². The summed E-state index contributed by atoms with van der Waals surface area (Å²) in [5, 5.41) is 13.2. The van der Waals surface area contributed by atoms with Crippen molar-refractivity contribution in [3.05, 3.63) is 59.7 Å². The zero-order valence-electron chi connectivity index (χ0n) is 17.3. The fraction of sp³-hybridized carbons (Fsp3) is 0.333. The molecule has 1 saturated heterocycles. The molecule has 0 aliphatic carbocycles. The van der Waals surface area contributed by atoms with E-state index in [-0.39, 0.29) is 17.5 Å². The number of rotatable bonds is 6. The largest absolute Gasteiger partial charge is 0.573 e. The Labute approximate surface area is 203 Å². The van der Waals surface area contributed by atoms with E-state index in [9.17, 15) is 21.6 Å². The number of hydrogen-bond acceptors (Lipinski definition) is 6. The van der Waals surface area contributed by atoms with Gasteiger partial charge in [-0.1, -0.05) is 39.9 Å². The highest BCUT2D eigenvalue weighted by Crippen LogP contribution is 2.31. The molecule has 1 aliphatic heterocycles. The van der Waals surface area contributed by atoms with Gasteiger partial charge < -0.3 is 9.57 Å². The molecule has 0 saturated carbocycles. The Morgan fingerprint density at radius 2 is 1.94 bits per heavy atom. The Balaban J connectivity index is 1.64. The van der Waals surface area contributed by atoms with Crippen molar-refractivity contribution < 1.29 is 31.2 Å². The van der Waals surface area contributed by atoms with Crippen LogP contribution in [0.15, 0.2) is 58.6 Å². The number of hydrogen-bond donors (Lipinski definition) is 0. The summed E-state index contributed by atoms with van der Waals surface area (Å²) in [6.07, 6.45) is -4.39. The average molecular weight is 593 g/mol. The lowest BCUT2D eigenvalue weighted by molar-refractivity contribution is -0.274. The summed E-state index contributed by atoms with van der Waals surface area (Å²) in [5.41, 5.74) is 1.84. The number of alkyl halides is 4. The Kier molecular flexibility index (Phi) is 7.86. The molecule has 12 heteroatoms. The van der Waals surface area contributed by atoms with E-state index in [1.165, 1.54) is 4.31 Å². The van der Waals surface area contributed by atoms with E-state index in [1.54, 1.807) is 25.1 Å². The number of sulfonamides is 1. The van der Waals surface area contributed by atoms with Gasteiger partial charge in [0.05, 0.1) is 26.3 Å². The number of piperidine rings is 1. The van der Waals surface area contributed by atoms with Crippen LogP contribution in [0.1, 0.15) is 30.9 Å². The van der Waals surface area contributed by atoms with E-state index in [4.69, 9.17) is 10.1 Å². The van der Waals surface area contributed by atoms with Gasteiger partial charge in [0.25, 0.3) is 0 Å². The first kappa shape index (κ1) is 25.3. The third-order valence-corrected chi connectivity index (χ3v) is 8.33. The van der Waals surface area contributed by atoms with Crippen LogP contribution in [-0.4, -0.2) is 41.5 Å². The summed E-state index contributed by atoms with van der Waals surface area (Å²) in [7, 11) is -3.91. The molecule has 2 aromatic carbocycles. The fourth-order valence-electron chi connectivity index (χ4n) is 3.20. The summed E-state index contributed by atoms with van der Waals surface area (Å²) < 4.78 is 67.5. The molecule has 1 aliphatic rings. The van der Waals surface area contributed by atoms with Crippen LogP contribution in [0.25, 0.3) is 0 Å². The number of benzene rings is 2. The van der Waals surface area contributed by atoms with Crippen LogP contribution in [0.2, 0.25) is 0 Å². The van der Waals surface area contributed by atoms with Gasteiger partial charge in [0, 0.05) is 24.9 Å². The summed E-state index contributed by atoms with van der Waals surface area (Å²) in [4.78, 5) is 5.51. The number of oxime groups is 1. The summed E-state index contributed by atoms with van der Waals surface area (Å²) >= 11 is 2.00. The van der Waals surface area contributed by atoms with Crippen molar-refractivity contribution in [2.24, 2.45) is 5.16 Å². The normalized spacial score (nSPS) is 20.2. The molecule has 0 bridgehead atoms. The molecule has 33 heavy (non-hydrogen) atoms. The van der Waals surface area contributed by atoms with E-state index >= 15 is 0 Å². The van der Waals surface area contributed by atoms with E-state index in [2.05, 4.69) is 16.0 Å². The minimum Gasteiger partial charge on any atom is -0.406 e. The lowest BCUT2D eigenvalue weighted by Gasteiger charge is -2.34. The van der Waals surface area contributed by atoms with E-state index in [0.29, 0.717) is 24.1 Å². The minimum atomic E-state index is -4.85. The topological polar surface area (TPSA) is 92.0 Å². The maximum atomic E-state index is 13.0. The quantitative estimate of drug-likeness (QED) is 0.158. The minimum absolute atomic E-state index is 0.121. The van der Waals surface area contributed by atoms with Gasteiger partial charge in [0.2, 0.25) is 10.0 Å². The molecule has 1 heterocycles. The van der Waals surface area contributed by atoms with Gasteiger partial charge in [-0.25, -0.2) is 8.42 Å². The van der Waals surface area contributed by atoms with Crippen LogP contribution in [0.4, 0.5) is 13.2 Å².